The molecule has 0 radical (unpaired) electrons. The highest BCUT2D eigenvalue weighted by atomic mass is 35.5. The van der Waals surface area contributed by atoms with Gasteiger partial charge in [0.1, 0.15) is 5.52 Å². The van der Waals surface area contributed by atoms with Crippen molar-refractivity contribution in [2.75, 3.05) is 44.3 Å². The number of hydrogen-bond donors (Lipinski definition) is 0. The maximum absolute atomic E-state index is 13.3. The Morgan fingerprint density at radius 3 is 2.69 bits per heavy atom. The fourth-order valence-electron chi connectivity index (χ4n) is 3.21. The summed E-state index contributed by atoms with van der Waals surface area (Å²) in [7, 11) is 0. The Labute approximate surface area is 177 Å². The number of fused-ring (bicyclic) bond motifs is 1. The summed E-state index contributed by atoms with van der Waals surface area (Å²) < 4.78 is 6.35. The summed E-state index contributed by atoms with van der Waals surface area (Å²) in [5.41, 5.74) is 1.75. The third-order valence-corrected chi connectivity index (χ3v) is 6.19. The number of ether oxygens (including phenoxy) is 1. The first-order valence-electron chi connectivity index (χ1n) is 9.33. The molecule has 0 bridgehead atoms. The molecule has 4 rings (SSSR count). The maximum atomic E-state index is 13.3. The summed E-state index contributed by atoms with van der Waals surface area (Å²) in [6, 6.07) is 14.4. The molecule has 0 atom stereocenters. The van der Waals surface area contributed by atoms with Crippen molar-refractivity contribution in [2.24, 2.45) is 0 Å². The Hall–Kier alpha value is -2.50. The van der Waals surface area contributed by atoms with Gasteiger partial charge < -0.3 is 4.74 Å². The number of carbonyl (C=O) groups excluding carboxylic acids is 1. The molecule has 6 nitrogen and oxygen atoms in total. The average Bonchev–Trinajstić information content (AvgIpc) is 3.20. The van der Waals surface area contributed by atoms with Crippen molar-refractivity contribution >= 4 is 44.2 Å². The number of aromatic nitrogens is 1. The number of nitriles is 1. The Bertz CT molecular complexity index is 1050. The molecule has 0 saturated carbocycles. The molecular weight excluding hydrogens is 408 g/mol. The SMILES string of the molecule is N#Cc1ccc(C(=O)N(CCN2CCOCC2)c2nc3c(Cl)cccc3s2)cc1. The molecule has 1 aliphatic rings. The van der Waals surface area contributed by atoms with E-state index in [1.54, 1.807) is 35.2 Å². The number of nitrogens with zero attached hydrogens (tertiary/aromatic N) is 4. The summed E-state index contributed by atoms with van der Waals surface area (Å²) in [6.07, 6.45) is 0. The maximum Gasteiger partial charge on any atom is 0.260 e. The van der Waals surface area contributed by atoms with Crippen LogP contribution in [-0.2, 0) is 4.74 Å². The minimum absolute atomic E-state index is 0.141. The molecule has 0 unspecified atom stereocenters. The molecule has 29 heavy (non-hydrogen) atoms. The molecule has 1 saturated heterocycles. The van der Waals surface area contributed by atoms with E-state index in [1.807, 2.05) is 12.1 Å². The van der Waals surface area contributed by atoms with Crippen molar-refractivity contribution in [1.82, 2.24) is 9.88 Å². The molecule has 148 valence electrons. The highest BCUT2D eigenvalue weighted by molar-refractivity contribution is 7.22. The molecule has 0 spiro atoms. The van der Waals surface area contributed by atoms with Gasteiger partial charge in [-0.15, -0.1) is 0 Å². The van der Waals surface area contributed by atoms with Gasteiger partial charge in [-0.05, 0) is 36.4 Å². The van der Waals surface area contributed by atoms with Crippen LogP contribution in [0.2, 0.25) is 5.02 Å². The molecular formula is C21H19ClN4O2S. The smallest absolute Gasteiger partial charge is 0.260 e. The standard InChI is InChI=1S/C21H19ClN4O2S/c22-17-2-1-3-18-19(17)24-21(29-18)26(9-8-25-10-12-28-13-11-25)20(27)16-6-4-15(14-23)5-7-16/h1-7H,8-13H2. The van der Waals surface area contributed by atoms with Crippen LogP contribution in [0.3, 0.4) is 0 Å². The molecule has 1 aliphatic heterocycles. The van der Waals surface area contributed by atoms with Crippen molar-refractivity contribution in [3.63, 3.8) is 0 Å². The third-order valence-electron chi connectivity index (χ3n) is 4.84. The van der Waals surface area contributed by atoms with Gasteiger partial charge in [-0.3, -0.25) is 14.6 Å². The zero-order chi connectivity index (χ0) is 20.2. The molecule has 1 aromatic heterocycles. The third kappa shape index (κ3) is 4.41. The van der Waals surface area contributed by atoms with Crippen LogP contribution in [0.1, 0.15) is 15.9 Å². The number of rotatable bonds is 5. The van der Waals surface area contributed by atoms with Gasteiger partial charge in [0.2, 0.25) is 0 Å². The first kappa shape index (κ1) is 19.8. The Morgan fingerprint density at radius 2 is 2.00 bits per heavy atom. The average molecular weight is 427 g/mol. The first-order chi connectivity index (χ1) is 14.2. The number of hydrogen-bond acceptors (Lipinski definition) is 6. The lowest BCUT2D eigenvalue weighted by atomic mass is 10.1. The van der Waals surface area contributed by atoms with E-state index in [9.17, 15) is 4.79 Å². The zero-order valence-corrected chi connectivity index (χ0v) is 17.2. The van der Waals surface area contributed by atoms with Gasteiger partial charge >= 0.3 is 0 Å². The van der Waals surface area contributed by atoms with E-state index in [-0.39, 0.29) is 5.91 Å². The van der Waals surface area contributed by atoms with Crippen molar-refractivity contribution in [3.05, 3.63) is 58.6 Å². The van der Waals surface area contributed by atoms with Crippen LogP contribution in [0, 0.1) is 11.3 Å². The zero-order valence-electron chi connectivity index (χ0n) is 15.7. The summed E-state index contributed by atoms with van der Waals surface area (Å²) in [6.45, 7) is 4.36. The number of thiazole rings is 1. The van der Waals surface area contributed by atoms with Gasteiger partial charge in [-0.25, -0.2) is 4.98 Å². The normalized spacial score (nSPS) is 14.6. The van der Waals surface area contributed by atoms with Crippen molar-refractivity contribution < 1.29 is 9.53 Å². The quantitative estimate of drug-likeness (QED) is 0.620. The number of para-hydroxylation sites is 1. The second-order valence-corrected chi connectivity index (χ2v) is 8.10. The van der Waals surface area contributed by atoms with Crippen molar-refractivity contribution in [3.8, 4) is 6.07 Å². The minimum atomic E-state index is -0.141. The lowest BCUT2D eigenvalue weighted by Crippen LogP contribution is -2.43. The molecule has 8 heteroatoms. The fraction of sp³-hybridized carbons (Fsp3) is 0.286. The lowest BCUT2D eigenvalue weighted by molar-refractivity contribution is 0.0391. The van der Waals surface area contributed by atoms with Gasteiger partial charge in [-0.2, -0.15) is 5.26 Å². The molecule has 0 aliphatic carbocycles. The fourth-order valence-corrected chi connectivity index (χ4v) is 4.50. The second kappa shape index (κ2) is 8.89. The highest BCUT2D eigenvalue weighted by Gasteiger charge is 2.23. The first-order valence-corrected chi connectivity index (χ1v) is 10.5. The number of anilines is 1. The lowest BCUT2D eigenvalue weighted by Gasteiger charge is -2.29. The number of halogens is 1. The van der Waals surface area contributed by atoms with Crippen LogP contribution in [0.25, 0.3) is 10.2 Å². The monoisotopic (exact) mass is 426 g/mol. The van der Waals surface area contributed by atoms with E-state index in [1.165, 1.54) is 11.3 Å². The Kier molecular flexibility index (Phi) is 6.07. The molecule has 1 fully saturated rings. The molecule has 2 aromatic carbocycles. The Morgan fingerprint density at radius 1 is 1.24 bits per heavy atom. The largest absolute Gasteiger partial charge is 0.379 e. The van der Waals surface area contributed by atoms with Crippen LogP contribution in [-0.4, -0.2) is 55.2 Å². The molecule has 0 N–H and O–H groups in total. The van der Waals surface area contributed by atoms with Gasteiger partial charge in [0.05, 0.1) is 34.6 Å². The summed E-state index contributed by atoms with van der Waals surface area (Å²) in [5.74, 6) is -0.141. The van der Waals surface area contributed by atoms with Gasteiger partial charge in [0.15, 0.2) is 5.13 Å². The molecule has 1 amide bonds. The van der Waals surface area contributed by atoms with Crippen LogP contribution < -0.4 is 4.90 Å². The van der Waals surface area contributed by atoms with Gasteiger partial charge in [0, 0.05) is 31.7 Å². The van der Waals surface area contributed by atoms with Crippen LogP contribution in [0.4, 0.5) is 5.13 Å². The predicted octanol–water partition coefficient (Wildman–Crippen LogP) is 3.80. The van der Waals surface area contributed by atoms with Crippen LogP contribution >= 0.6 is 22.9 Å². The number of morpholine rings is 1. The van der Waals surface area contributed by atoms with E-state index < -0.39 is 0 Å². The van der Waals surface area contributed by atoms with E-state index >= 15 is 0 Å². The van der Waals surface area contributed by atoms with E-state index in [4.69, 9.17) is 21.6 Å². The van der Waals surface area contributed by atoms with Crippen LogP contribution in [0.5, 0.6) is 0 Å². The highest BCUT2D eigenvalue weighted by Crippen LogP contribution is 2.33. The topological polar surface area (TPSA) is 69.5 Å². The molecule has 3 aromatic rings. The Balaban J connectivity index is 1.64. The van der Waals surface area contributed by atoms with E-state index in [0.29, 0.717) is 46.6 Å². The van der Waals surface area contributed by atoms with Crippen molar-refractivity contribution in [1.29, 1.82) is 5.26 Å². The summed E-state index contributed by atoms with van der Waals surface area (Å²) in [5, 5.41) is 10.2. The molecule has 2 heterocycles. The summed E-state index contributed by atoms with van der Waals surface area (Å²) >= 11 is 7.74. The van der Waals surface area contributed by atoms with Gasteiger partial charge in [-0.1, -0.05) is 29.0 Å². The second-order valence-electron chi connectivity index (χ2n) is 6.68. The number of carbonyl (C=O) groups is 1. The van der Waals surface area contributed by atoms with E-state index in [0.717, 1.165) is 24.3 Å². The predicted molar refractivity (Wildman–Crippen MR) is 115 cm³/mol. The van der Waals surface area contributed by atoms with E-state index in [2.05, 4.69) is 16.0 Å². The number of benzene rings is 2. The van der Waals surface area contributed by atoms with Crippen molar-refractivity contribution in [2.45, 2.75) is 0 Å². The van der Waals surface area contributed by atoms with Gasteiger partial charge in [0.25, 0.3) is 5.91 Å². The number of amides is 1. The summed E-state index contributed by atoms with van der Waals surface area (Å²) in [4.78, 5) is 22.0. The minimum Gasteiger partial charge on any atom is -0.379 e. The van der Waals surface area contributed by atoms with Crippen LogP contribution in [0.15, 0.2) is 42.5 Å².